The van der Waals surface area contributed by atoms with Gasteiger partial charge in [-0.3, -0.25) is 0 Å². The first-order valence-electron chi connectivity index (χ1n) is 7.92. The monoisotopic (exact) mass is 355 g/mol. The van der Waals surface area contributed by atoms with E-state index in [1.807, 2.05) is 7.05 Å². The lowest BCUT2D eigenvalue weighted by Gasteiger charge is -2.27. The quantitative estimate of drug-likeness (QED) is 0.790. The van der Waals surface area contributed by atoms with E-state index < -0.39 is 0 Å². The van der Waals surface area contributed by atoms with Crippen molar-refractivity contribution in [2.45, 2.75) is 45.3 Å². The number of ether oxygens (including phenoxy) is 2. The van der Waals surface area contributed by atoms with Crippen molar-refractivity contribution in [1.29, 1.82) is 0 Å². The molecule has 3 nitrogen and oxygen atoms in total. The highest BCUT2D eigenvalue weighted by atomic mass is 79.9. The van der Waals surface area contributed by atoms with Gasteiger partial charge in [-0.05, 0) is 59.9 Å². The van der Waals surface area contributed by atoms with Crippen molar-refractivity contribution in [3.05, 3.63) is 28.2 Å². The first kappa shape index (κ1) is 16.8. The number of halogens is 1. The van der Waals surface area contributed by atoms with Gasteiger partial charge in [-0.15, -0.1) is 0 Å². The molecule has 1 heterocycles. The molecule has 0 aromatic heterocycles. The first-order valence-corrected chi connectivity index (χ1v) is 8.71. The molecule has 118 valence electrons. The van der Waals surface area contributed by atoms with Crippen molar-refractivity contribution in [3.63, 3.8) is 0 Å². The van der Waals surface area contributed by atoms with Crippen LogP contribution >= 0.6 is 15.9 Å². The Morgan fingerprint density at radius 3 is 2.86 bits per heavy atom. The molecular weight excluding hydrogens is 330 g/mol. The fraction of sp³-hybridized carbons (Fsp3) is 0.647. The predicted molar refractivity (Wildman–Crippen MR) is 89.9 cm³/mol. The summed E-state index contributed by atoms with van der Waals surface area (Å²) in [5.74, 6) is 1.46. The van der Waals surface area contributed by atoms with Gasteiger partial charge in [0.15, 0.2) is 0 Å². The number of nitrogens with one attached hydrogen (secondary N) is 1. The maximum absolute atomic E-state index is 5.85. The summed E-state index contributed by atoms with van der Waals surface area (Å²) in [7, 11) is 2.03. The second-order valence-electron chi connectivity index (χ2n) is 5.57. The van der Waals surface area contributed by atoms with Crippen LogP contribution in [-0.2, 0) is 4.74 Å². The van der Waals surface area contributed by atoms with Crippen LogP contribution in [0, 0.1) is 5.92 Å². The Labute approximate surface area is 136 Å². The average molecular weight is 356 g/mol. The van der Waals surface area contributed by atoms with E-state index in [1.54, 1.807) is 0 Å². The van der Waals surface area contributed by atoms with Crippen molar-refractivity contribution in [3.8, 4) is 5.75 Å². The second kappa shape index (κ2) is 8.16. The zero-order valence-corrected chi connectivity index (χ0v) is 14.8. The SMILES string of the molecule is CCCOc1ccc(C(NC)C2CCOC2CC)cc1Br. The lowest BCUT2D eigenvalue weighted by molar-refractivity contribution is 0.0782. The molecule has 2 rings (SSSR count). The second-order valence-corrected chi connectivity index (χ2v) is 6.43. The van der Waals surface area contributed by atoms with Gasteiger partial charge in [-0.2, -0.15) is 0 Å². The molecule has 1 aromatic rings. The Morgan fingerprint density at radius 2 is 2.24 bits per heavy atom. The Balaban J connectivity index is 2.16. The molecule has 0 radical (unpaired) electrons. The van der Waals surface area contributed by atoms with Gasteiger partial charge in [0.05, 0.1) is 17.2 Å². The summed E-state index contributed by atoms with van der Waals surface area (Å²) in [6.45, 7) is 5.94. The van der Waals surface area contributed by atoms with Gasteiger partial charge in [0, 0.05) is 18.6 Å². The summed E-state index contributed by atoms with van der Waals surface area (Å²) in [5, 5.41) is 3.47. The van der Waals surface area contributed by atoms with E-state index >= 15 is 0 Å². The minimum atomic E-state index is 0.328. The maximum Gasteiger partial charge on any atom is 0.133 e. The van der Waals surface area contributed by atoms with Gasteiger partial charge in [-0.1, -0.05) is 19.9 Å². The Morgan fingerprint density at radius 1 is 1.43 bits per heavy atom. The zero-order chi connectivity index (χ0) is 15.2. The smallest absolute Gasteiger partial charge is 0.133 e. The van der Waals surface area contributed by atoms with Gasteiger partial charge < -0.3 is 14.8 Å². The molecule has 1 aromatic carbocycles. The average Bonchev–Trinajstić information content (AvgIpc) is 2.95. The van der Waals surface area contributed by atoms with E-state index in [4.69, 9.17) is 9.47 Å². The third kappa shape index (κ3) is 3.99. The van der Waals surface area contributed by atoms with E-state index in [1.165, 1.54) is 5.56 Å². The standard InChI is InChI=1S/C17H26BrNO2/c1-4-9-20-16-7-6-12(11-14(16)18)17(19-3)13-8-10-21-15(13)5-2/h6-7,11,13,15,17,19H,4-5,8-10H2,1-3H3. The van der Waals surface area contributed by atoms with Crippen LogP contribution in [0.15, 0.2) is 22.7 Å². The van der Waals surface area contributed by atoms with Crippen molar-refractivity contribution >= 4 is 15.9 Å². The van der Waals surface area contributed by atoms with Crippen LogP contribution in [0.5, 0.6) is 5.75 Å². The molecule has 0 amide bonds. The highest BCUT2D eigenvalue weighted by Gasteiger charge is 2.33. The van der Waals surface area contributed by atoms with Gasteiger partial charge >= 0.3 is 0 Å². The van der Waals surface area contributed by atoms with Gasteiger partial charge in [0.1, 0.15) is 5.75 Å². The highest BCUT2D eigenvalue weighted by molar-refractivity contribution is 9.10. The molecule has 1 N–H and O–H groups in total. The molecule has 3 unspecified atom stereocenters. The molecule has 1 fully saturated rings. The first-order chi connectivity index (χ1) is 10.2. The molecule has 0 saturated carbocycles. The van der Waals surface area contributed by atoms with Crippen molar-refractivity contribution in [2.75, 3.05) is 20.3 Å². The molecule has 3 atom stereocenters. The Kier molecular flexibility index (Phi) is 6.52. The van der Waals surface area contributed by atoms with Crippen LogP contribution in [0.1, 0.15) is 44.7 Å². The summed E-state index contributed by atoms with van der Waals surface area (Å²) in [4.78, 5) is 0. The fourth-order valence-electron chi connectivity index (χ4n) is 3.13. The molecule has 0 spiro atoms. The molecule has 4 heteroatoms. The van der Waals surface area contributed by atoms with E-state index in [-0.39, 0.29) is 0 Å². The molecule has 0 aliphatic carbocycles. The third-order valence-corrected chi connectivity index (χ3v) is 4.80. The molecule has 21 heavy (non-hydrogen) atoms. The molecule has 0 bridgehead atoms. The van der Waals surface area contributed by atoms with Crippen molar-refractivity contribution in [1.82, 2.24) is 5.32 Å². The van der Waals surface area contributed by atoms with Gasteiger partial charge in [0.2, 0.25) is 0 Å². The maximum atomic E-state index is 5.85. The van der Waals surface area contributed by atoms with Crippen LogP contribution in [0.4, 0.5) is 0 Å². The normalized spacial score (nSPS) is 23.2. The molecular formula is C17H26BrNO2. The molecule has 1 aliphatic rings. The fourth-order valence-corrected chi connectivity index (χ4v) is 3.65. The number of hydrogen-bond donors (Lipinski definition) is 1. The van der Waals surface area contributed by atoms with E-state index in [2.05, 4.69) is 53.3 Å². The van der Waals surface area contributed by atoms with Crippen molar-refractivity contribution in [2.24, 2.45) is 5.92 Å². The highest BCUT2D eigenvalue weighted by Crippen LogP contribution is 2.37. The van der Waals surface area contributed by atoms with Gasteiger partial charge in [-0.25, -0.2) is 0 Å². The Hall–Kier alpha value is -0.580. The third-order valence-electron chi connectivity index (χ3n) is 4.18. The molecule has 1 aliphatic heterocycles. The largest absolute Gasteiger partial charge is 0.492 e. The molecule has 1 saturated heterocycles. The van der Waals surface area contributed by atoms with Crippen LogP contribution in [0.3, 0.4) is 0 Å². The van der Waals surface area contributed by atoms with Gasteiger partial charge in [0.25, 0.3) is 0 Å². The van der Waals surface area contributed by atoms with E-state index in [0.29, 0.717) is 18.1 Å². The summed E-state index contributed by atoms with van der Waals surface area (Å²) in [6, 6.07) is 6.74. The van der Waals surface area contributed by atoms with E-state index in [0.717, 1.165) is 42.7 Å². The predicted octanol–water partition coefficient (Wildman–Crippen LogP) is 4.31. The van der Waals surface area contributed by atoms with E-state index in [9.17, 15) is 0 Å². The summed E-state index contributed by atoms with van der Waals surface area (Å²) in [6.07, 6.45) is 3.57. The lowest BCUT2D eigenvalue weighted by atomic mass is 9.87. The van der Waals surface area contributed by atoms with Crippen LogP contribution in [0.2, 0.25) is 0 Å². The number of benzene rings is 1. The summed E-state index contributed by atoms with van der Waals surface area (Å²) >= 11 is 3.63. The lowest BCUT2D eigenvalue weighted by Crippen LogP contribution is -2.30. The summed E-state index contributed by atoms with van der Waals surface area (Å²) in [5.41, 5.74) is 1.29. The minimum Gasteiger partial charge on any atom is -0.492 e. The van der Waals surface area contributed by atoms with Crippen LogP contribution < -0.4 is 10.1 Å². The number of hydrogen-bond acceptors (Lipinski definition) is 3. The van der Waals surface area contributed by atoms with Crippen LogP contribution in [0.25, 0.3) is 0 Å². The minimum absolute atomic E-state index is 0.328. The number of rotatable bonds is 7. The zero-order valence-electron chi connectivity index (χ0n) is 13.2. The van der Waals surface area contributed by atoms with Crippen LogP contribution in [-0.4, -0.2) is 26.4 Å². The topological polar surface area (TPSA) is 30.5 Å². The summed E-state index contributed by atoms with van der Waals surface area (Å²) < 4.78 is 12.6. The Bertz CT molecular complexity index is 452. The van der Waals surface area contributed by atoms with Crippen molar-refractivity contribution < 1.29 is 9.47 Å².